The van der Waals surface area contributed by atoms with Gasteiger partial charge < -0.3 is 4.18 Å². The first-order chi connectivity index (χ1) is 4.71. The standard InChI is InChI=1S/C6H12O4S/c1-6(2,3)4-5-10-11(7,8)9/h4-5H,1-3H3,(H,7,8,9)/b5-4+. The first kappa shape index (κ1) is 10.4. The van der Waals surface area contributed by atoms with Gasteiger partial charge >= 0.3 is 10.4 Å². The second-order valence-electron chi connectivity index (χ2n) is 3.19. The Kier molecular flexibility index (Phi) is 3.07. The van der Waals surface area contributed by atoms with Gasteiger partial charge in [0.25, 0.3) is 0 Å². The van der Waals surface area contributed by atoms with Gasteiger partial charge in [0.05, 0.1) is 0 Å². The van der Waals surface area contributed by atoms with Crippen molar-refractivity contribution in [2.75, 3.05) is 0 Å². The maximum absolute atomic E-state index is 10.00. The highest BCUT2D eigenvalue weighted by atomic mass is 32.3. The van der Waals surface area contributed by atoms with Gasteiger partial charge in [0, 0.05) is 0 Å². The maximum atomic E-state index is 10.00. The second-order valence-corrected chi connectivity index (χ2v) is 4.24. The lowest BCUT2D eigenvalue weighted by Gasteiger charge is -2.09. The Labute approximate surface area is 66.8 Å². The van der Waals surface area contributed by atoms with Crippen molar-refractivity contribution in [1.29, 1.82) is 0 Å². The lowest BCUT2D eigenvalue weighted by Crippen LogP contribution is -2.02. The van der Waals surface area contributed by atoms with Gasteiger partial charge in [0.15, 0.2) is 0 Å². The van der Waals surface area contributed by atoms with Gasteiger partial charge in [-0.2, -0.15) is 8.42 Å². The zero-order valence-electron chi connectivity index (χ0n) is 6.73. The summed E-state index contributed by atoms with van der Waals surface area (Å²) in [5.74, 6) is 0. The van der Waals surface area contributed by atoms with Gasteiger partial charge in [0.1, 0.15) is 6.26 Å². The molecule has 0 atom stereocenters. The minimum Gasteiger partial charge on any atom is -0.370 e. The van der Waals surface area contributed by atoms with Crippen LogP contribution in [0, 0.1) is 5.41 Å². The second kappa shape index (κ2) is 3.23. The third kappa shape index (κ3) is 9.45. The molecule has 0 bridgehead atoms. The fraction of sp³-hybridized carbons (Fsp3) is 0.667. The Balaban J connectivity index is 4.00. The summed E-state index contributed by atoms with van der Waals surface area (Å²) in [6, 6.07) is 0. The summed E-state index contributed by atoms with van der Waals surface area (Å²) in [5.41, 5.74) is -0.162. The van der Waals surface area contributed by atoms with Crippen LogP contribution in [-0.2, 0) is 14.6 Å². The highest BCUT2D eigenvalue weighted by molar-refractivity contribution is 7.81. The van der Waals surface area contributed by atoms with Gasteiger partial charge in [-0.05, 0) is 11.5 Å². The van der Waals surface area contributed by atoms with Crippen molar-refractivity contribution in [1.82, 2.24) is 0 Å². The Bertz CT molecular complexity index is 232. The molecule has 0 heterocycles. The highest BCUT2D eigenvalue weighted by Gasteiger charge is 2.05. The molecule has 11 heavy (non-hydrogen) atoms. The Morgan fingerprint density at radius 2 is 1.82 bits per heavy atom. The lowest BCUT2D eigenvalue weighted by molar-refractivity contribution is 0.351. The first-order valence-corrected chi connectivity index (χ1v) is 4.41. The minimum atomic E-state index is -4.33. The van der Waals surface area contributed by atoms with E-state index in [4.69, 9.17) is 4.55 Å². The minimum absolute atomic E-state index is 0.162. The fourth-order valence-electron chi connectivity index (χ4n) is 0.302. The number of hydrogen-bond acceptors (Lipinski definition) is 3. The van der Waals surface area contributed by atoms with E-state index in [1.54, 1.807) is 0 Å². The Morgan fingerprint density at radius 1 is 1.36 bits per heavy atom. The molecule has 0 saturated carbocycles. The highest BCUT2D eigenvalue weighted by Crippen LogP contribution is 2.14. The van der Waals surface area contributed by atoms with Crippen molar-refractivity contribution in [2.24, 2.45) is 5.41 Å². The van der Waals surface area contributed by atoms with Crippen LogP contribution in [-0.4, -0.2) is 13.0 Å². The number of allylic oxidation sites excluding steroid dienone is 1. The van der Waals surface area contributed by atoms with Crippen molar-refractivity contribution in [3.05, 3.63) is 12.3 Å². The van der Waals surface area contributed by atoms with Gasteiger partial charge in [-0.3, -0.25) is 4.55 Å². The molecule has 0 radical (unpaired) electrons. The Hall–Kier alpha value is -0.550. The monoisotopic (exact) mass is 180 g/mol. The van der Waals surface area contributed by atoms with Crippen LogP contribution in [0.25, 0.3) is 0 Å². The van der Waals surface area contributed by atoms with Gasteiger partial charge in [-0.25, -0.2) is 0 Å². The quantitative estimate of drug-likeness (QED) is 0.515. The SMILES string of the molecule is CC(C)(C)/C=C/OS(=O)(=O)O. The zero-order chi connectivity index (χ0) is 9.12. The van der Waals surface area contributed by atoms with E-state index in [0.717, 1.165) is 6.26 Å². The molecule has 0 aliphatic rings. The largest absolute Gasteiger partial charge is 0.445 e. The number of hydrogen-bond donors (Lipinski definition) is 1. The summed E-state index contributed by atoms with van der Waals surface area (Å²) >= 11 is 0. The van der Waals surface area contributed by atoms with E-state index < -0.39 is 10.4 Å². The van der Waals surface area contributed by atoms with Crippen molar-refractivity contribution in [3.8, 4) is 0 Å². The molecule has 0 aliphatic heterocycles. The van der Waals surface area contributed by atoms with Crippen molar-refractivity contribution in [3.63, 3.8) is 0 Å². The Morgan fingerprint density at radius 3 is 2.09 bits per heavy atom. The summed E-state index contributed by atoms with van der Waals surface area (Å²) in [7, 11) is -4.33. The molecule has 0 spiro atoms. The average molecular weight is 180 g/mol. The van der Waals surface area contributed by atoms with Crippen molar-refractivity contribution >= 4 is 10.4 Å². The fourth-order valence-corrected chi connectivity index (χ4v) is 0.498. The van der Waals surface area contributed by atoms with Gasteiger partial charge in [0.2, 0.25) is 0 Å². The van der Waals surface area contributed by atoms with Crippen LogP contribution in [0.15, 0.2) is 12.3 Å². The van der Waals surface area contributed by atoms with Gasteiger partial charge in [-0.15, -0.1) is 0 Å². The normalized spacial score (nSPS) is 13.8. The summed E-state index contributed by atoms with van der Waals surface area (Å²) in [5, 5.41) is 0. The molecule has 0 rings (SSSR count). The molecule has 0 aromatic rings. The topological polar surface area (TPSA) is 63.6 Å². The average Bonchev–Trinajstić information content (AvgIpc) is 1.55. The van der Waals surface area contributed by atoms with E-state index in [2.05, 4.69) is 4.18 Å². The molecule has 66 valence electrons. The predicted octanol–water partition coefficient (Wildman–Crippen LogP) is 1.37. The molecular weight excluding hydrogens is 168 g/mol. The first-order valence-electron chi connectivity index (χ1n) is 3.04. The summed E-state index contributed by atoms with van der Waals surface area (Å²) in [6.07, 6.45) is 2.48. The molecular formula is C6H12O4S. The van der Waals surface area contributed by atoms with Crippen LogP contribution in [0.1, 0.15) is 20.8 Å². The van der Waals surface area contributed by atoms with E-state index in [9.17, 15) is 8.42 Å². The lowest BCUT2D eigenvalue weighted by atomic mass is 9.98. The van der Waals surface area contributed by atoms with E-state index >= 15 is 0 Å². The third-order valence-electron chi connectivity index (χ3n) is 0.745. The van der Waals surface area contributed by atoms with Crippen molar-refractivity contribution in [2.45, 2.75) is 20.8 Å². The van der Waals surface area contributed by atoms with Crippen molar-refractivity contribution < 1.29 is 17.2 Å². The predicted molar refractivity (Wildman–Crippen MR) is 41.2 cm³/mol. The summed E-state index contributed by atoms with van der Waals surface area (Å²) in [6.45, 7) is 5.62. The third-order valence-corrected chi connectivity index (χ3v) is 1.10. The van der Waals surface area contributed by atoms with Crippen LogP contribution in [0.4, 0.5) is 0 Å². The van der Waals surface area contributed by atoms with E-state index in [-0.39, 0.29) is 5.41 Å². The van der Waals surface area contributed by atoms with E-state index in [1.165, 1.54) is 6.08 Å². The summed E-state index contributed by atoms with van der Waals surface area (Å²) < 4.78 is 32.1. The number of rotatable bonds is 2. The molecule has 0 aromatic heterocycles. The maximum Gasteiger partial charge on any atom is 0.445 e. The molecule has 1 N–H and O–H groups in total. The van der Waals surface area contributed by atoms with Crippen LogP contribution in [0.5, 0.6) is 0 Å². The molecule has 0 unspecified atom stereocenters. The molecule has 0 fully saturated rings. The molecule has 5 heteroatoms. The molecule has 4 nitrogen and oxygen atoms in total. The smallest absolute Gasteiger partial charge is 0.370 e. The zero-order valence-corrected chi connectivity index (χ0v) is 7.55. The van der Waals surface area contributed by atoms with Gasteiger partial charge in [-0.1, -0.05) is 20.8 Å². The molecule has 0 aromatic carbocycles. The summed E-state index contributed by atoms with van der Waals surface area (Å²) in [4.78, 5) is 0. The van der Waals surface area contributed by atoms with E-state index in [0.29, 0.717) is 0 Å². The van der Waals surface area contributed by atoms with Crippen LogP contribution in [0.2, 0.25) is 0 Å². The van der Waals surface area contributed by atoms with E-state index in [1.807, 2.05) is 20.8 Å². The molecule has 0 amide bonds. The van der Waals surface area contributed by atoms with Crippen LogP contribution < -0.4 is 0 Å². The molecule has 0 aliphatic carbocycles. The van der Waals surface area contributed by atoms with Crippen LogP contribution >= 0.6 is 0 Å². The molecule has 0 saturated heterocycles. The van der Waals surface area contributed by atoms with Crippen LogP contribution in [0.3, 0.4) is 0 Å².